The Morgan fingerprint density at radius 2 is 1.65 bits per heavy atom. The maximum absolute atomic E-state index is 13.8. The van der Waals surface area contributed by atoms with Crippen LogP contribution in [0.2, 0.25) is 0 Å². The van der Waals surface area contributed by atoms with E-state index in [1.54, 1.807) is 23.1 Å². The number of hydrogen-bond donors (Lipinski definition) is 1. The third kappa shape index (κ3) is 4.69. The van der Waals surface area contributed by atoms with Crippen LogP contribution in [0.3, 0.4) is 0 Å². The van der Waals surface area contributed by atoms with Crippen molar-refractivity contribution < 1.29 is 14.0 Å². The molecule has 0 bridgehead atoms. The molecule has 26 heavy (non-hydrogen) atoms. The van der Waals surface area contributed by atoms with E-state index >= 15 is 0 Å². The minimum absolute atomic E-state index is 0.0618. The molecule has 0 aromatic heterocycles. The zero-order valence-corrected chi connectivity index (χ0v) is 14.7. The van der Waals surface area contributed by atoms with Gasteiger partial charge in [-0.1, -0.05) is 48.5 Å². The number of amides is 2. The van der Waals surface area contributed by atoms with E-state index in [4.69, 9.17) is 0 Å². The molecule has 1 fully saturated rings. The van der Waals surface area contributed by atoms with Crippen LogP contribution < -0.4 is 5.32 Å². The average Bonchev–Trinajstić information content (AvgIpc) is 3.18. The Hall–Kier alpha value is -2.69. The number of benzene rings is 2. The second-order valence-corrected chi connectivity index (χ2v) is 6.61. The van der Waals surface area contributed by atoms with Crippen LogP contribution in [0, 0.1) is 5.82 Å². The third-order valence-electron chi connectivity index (χ3n) is 4.64. The molecule has 0 radical (unpaired) electrons. The first kappa shape index (κ1) is 18.1. The summed E-state index contributed by atoms with van der Waals surface area (Å²) in [6.07, 6.45) is 2.34. The normalized spacial score (nSPS) is 14.9. The first-order valence-electron chi connectivity index (χ1n) is 8.99. The quantitative estimate of drug-likeness (QED) is 0.867. The Labute approximate surface area is 153 Å². The lowest BCUT2D eigenvalue weighted by Gasteiger charge is -2.24. The number of hydrogen-bond acceptors (Lipinski definition) is 2. The Balaban J connectivity index is 1.70. The minimum Gasteiger partial charge on any atom is -0.344 e. The van der Waals surface area contributed by atoms with Gasteiger partial charge in [0.25, 0.3) is 0 Å². The third-order valence-corrected chi connectivity index (χ3v) is 4.64. The molecular formula is C21H23FN2O2. The number of likely N-dealkylation sites (tertiary alicyclic amines) is 1. The minimum atomic E-state index is -0.630. The van der Waals surface area contributed by atoms with E-state index in [2.05, 4.69) is 5.32 Å². The summed E-state index contributed by atoms with van der Waals surface area (Å²) in [6, 6.07) is 15.2. The van der Waals surface area contributed by atoms with Crippen molar-refractivity contribution in [3.8, 4) is 0 Å². The summed E-state index contributed by atoms with van der Waals surface area (Å²) in [5, 5.41) is 2.82. The Morgan fingerprint density at radius 1 is 1.00 bits per heavy atom. The maximum Gasteiger partial charge on any atom is 0.245 e. The molecule has 0 spiro atoms. The standard InChI is InChI=1S/C21H23FN2O2/c22-18-11-5-4-10-17(18)15-20(25)23-19(14-16-8-2-1-3-9-16)21(26)24-12-6-7-13-24/h1-5,8-11,19H,6-7,12-15H2,(H,23,25)/t19-/m1/s1. The topological polar surface area (TPSA) is 49.4 Å². The summed E-state index contributed by atoms with van der Waals surface area (Å²) in [4.78, 5) is 27.1. The van der Waals surface area contributed by atoms with E-state index in [0.29, 0.717) is 12.0 Å². The number of nitrogens with zero attached hydrogens (tertiary/aromatic N) is 1. The predicted octanol–water partition coefficient (Wildman–Crippen LogP) is 2.72. The van der Waals surface area contributed by atoms with Gasteiger partial charge in [0, 0.05) is 19.5 Å². The van der Waals surface area contributed by atoms with Gasteiger partial charge in [0.15, 0.2) is 0 Å². The molecule has 1 N–H and O–H groups in total. The van der Waals surface area contributed by atoms with Gasteiger partial charge in [-0.2, -0.15) is 0 Å². The molecule has 1 aliphatic rings. The lowest BCUT2D eigenvalue weighted by atomic mass is 10.0. The van der Waals surface area contributed by atoms with Crippen molar-refractivity contribution in [1.82, 2.24) is 10.2 Å². The smallest absolute Gasteiger partial charge is 0.245 e. The van der Waals surface area contributed by atoms with Crippen LogP contribution in [-0.2, 0) is 22.4 Å². The van der Waals surface area contributed by atoms with E-state index in [-0.39, 0.29) is 18.2 Å². The number of rotatable bonds is 6. The van der Waals surface area contributed by atoms with Crippen molar-refractivity contribution in [3.05, 3.63) is 71.5 Å². The fourth-order valence-electron chi connectivity index (χ4n) is 3.27. The lowest BCUT2D eigenvalue weighted by molar-refractivity contribution is -0.135. The first-order chi connectivity index (χ1) is 12.6. The van der Waals surface area contributed by atoms with Crippen molar-refractivity contribution in [2.24, 2.45) is 0 Å². The molecule has 0 saturated carbocycles. The molecule has 2 amide bonds. The lowest BCUT2D eigenvalue weighted by Crippen LogP contribution is -2.49. The summed E-state index contributed by atoms with van der Waals surface area (Å²) < 4.78 is 13.8. The van der Waals surface area contributed by atoms with Gasteiger partial charge in [0.1, 0.15) is 11.9 Å². The van der Waals surface area contributed by atoms with E-state index in [1.165, 1.54) is 6.07 Å². The van der Waals surface area contributed by atoms with Crippen LogP contribution in [-0.4, -0.2) is 35.8 Å². The number of nitrogens with one attached hydrogen (secondary N) is 1. The van der Waals surface area contributed by atoms with Crippen molar-refractivity contribution >= 4 is 11.8 Å². The molecule has 1 saturated heterocycles. The van der Waals surface area contributed by atoms with Crippen LogP contribution >= 0.6 is 0 Å². The highest BCUT2D eigenvalue weighted by atomic mass is 19.1. The zero-order valence-electron chi connectivity index (χ0n) is 14.7. The van der Waals surface area contributed by atoms with Crippen LogP contribution in [0.15, 0.2) is 54.6 Å². The predicted molar refractivity (Wildman–Crippen MR) is 98.0 cm³/mol. The van der Waals surface area contributed by atoms with Crippen LogP contribution in [0.1, 0.15) is 24.0 Å². The number of carbonyl (C=O) groups excluding carboxylic acids is 2. The van der Waals surface area contributed by atoms with Crippen molar-refractivity contribution in [2.75, 3.05) is 13.1 Å². The van der Waals surface area contributed by atoms with Crippen molar-refractivity contribution in [1.29, 1.82) is 0 Å². The molecular weight excluding hydrogens is 331 g/mol. The summed E-state index contributed by atoms with van der Waals surface area (Å²) in [6.45, 7) is 1.46. The average molecular weight is 354 g/mol. The van der Waals surface area contributed by atoms with Crippen LogP contribution in [0.5, 0.6) is 0 Å². The van der Waals surface area contributed by atoms with Gasteiger partial charge in [0.2, 0.25) is 11.8 Å². The maximum atomic E-state index is 13.8. The molecule has 1 heterocycles. The highest BCUT2D eigenvalue weighted by Gasteiger charge is 2.28. The SMILES string of the molecule is O=C(Cc1ccccc1F)N[C@H](Cc1ccccc1)C(=O)N1CCCC1. The van der Waals surface area contributed by atoms with E-state index < -0.39 is 11.9 Å². The molecule has 4 nitrogen and oxygen atoms in total. The van der Waals surface area contributed by atoms with E-state index in [0.717, 1.165) is 31.5 Å². The summed E-state index contributed by atoms with van der Waals surface area (Å²) in [7, 11) is 0. The second kappa shape index (κ2) is 8.61. The van der Waals surface area contributed by atoms with Gasteiger partial charge in [-0.15, -0.1) is 0 Å². The Kier molecular flexibility index (Phi) is 6.00. The zero-order chi connectivity index (χ0) is 18.4. The second-order valence-electron chi connectivity index (χ2n) is 6.61. The molecule has 3 rings (SSSR count). The van der Waals surface area contributed by atoms with Gasteiger partial charge in [-0.05, 0) is 30.0 Å². The Bertz CT molecular complexity index is 758. The molecule has 1 atom stereocenters. The fraction of sp³-hybridized carbons (Fsp3) is 0.333. The van der Waals surface area contributed by atoms with Crippen LogP contribution in [0.4, 0.5) is 4.39 Å². The monoisotopic (exact) mass is 354 g/mol. The van der Waals surface area contributed by atoms with Crippen molar-refractivity contribution in [2.45, 2.75) is 31.7 Å². The molecule has 2 aromatic carbocycles. The van der Waals surface area contributed by atoms with E-state index in [1.807, 2.05) is 30.3 Å². The highest BCUT2D eigenvalue weighted by molar-refractivity contribution is 5.88. The van der Waals surface area contributed by atoms with Gasteiger partial charge in [-0.25, -0.2) is 4.39 Å². The molecule has 0 aliphatic carbocycles. The number of halogens is 1. The molecule has 136 valence electrons. The van der Waals surface area contributed by atoms with Crippen LogP contribution in [0.25, 0.3) is 0 Å². The van der Waals surface area contributed by atoms with Gasteiger partial charge in [-0.3, -0.25) is 9.59 Å². The summed E-state index contributed by atoms with van der Waals surface area (Å²) in [5.74, 6) is -0.815. The summed E-state index contributed by atoms with van der Waals surface area (Å²) >= 11 is 0. The van der Waals surface area contributed by atoms with E-state index in [9.17, 15) is 14.0 Å². The highest BCUT2D eigenvalue weighted by Crippen LogP contribution is 2.13. The molecule has 1 aliphatic heterocycles. The van der Waals surface area contributed by atoms with Crippen molar-refractivity contribution in [3.63, 3.8) is 0 Å². The van der Waals surface area contributed by atoms with Gasteiger partial charge in [0.05, 0.1) is 6.42 Å². The largest absolute Gasteiger partial charge is 0.344 e. The van der Waals surface area contributed by atoms with Gasteiger partial charge < -0.3 is 10.2 Å². The Morgan fingerprint density at radius 3 is 2.35 bits per heavy atom. The fourth-order valence-corrected chi connectivity index (χ4v) is 3.27. The van der Waals surface area contributed by atoms with Gasteiger partial charge >= 0.3 is 0 Å². The molecule has 5 heteroatoms. The number of carbonyl (C=O) groups is 2. The molecule has 0 unspecified atom stereocenters. The first-order valence-corrected chi connectivity index (χ1v) is 8.99. The molecule has 2 aromatic rings. The summed E-state index contributed by atoms with van der Waals surface area (Å²) in [5.41, 5.74) is 1.31.